The van der Waals surface area contributed by atoms with Crippen LogP contribution in [0.2, 0.25) is 0 Å². The summed E-state index contributed by atoms with van der Waals surface area (Å²) in [4.78, 5) is 11.4. The molecule has 0 aliphatic rings. The minimum absolute atomic E-state index is 0.0282. The molecule has 13 heavy (non-hydrogen) atoms. The molecule has 0 saturated carbocycles. The number of nitrogens with zero attached hydrogens (tertiary/aromatic N) is 2. The van der Waals surface area contributed by atoms with Crippen molar-refractivity contribution in [1.29, 1.82) is 0 Å². The molecule has 1 aromatic rings. The third kappa shape index (κ3) is 3.10. The first kappa shape index (κ1) is 10.1. The topological polar surface area (TPSA) is 54.9 Å². The molecule has 0 unspecified atom stereocenters. The van der Waals surface area contributed by atoms with Crippen LogP contribution in [0.4, 0.5) is 0 Å². The van der Waals surface area contributed by atoms with Crippen LogP contribution >= 0.6 is 11.5 Å². The fourth-order valence-corrected chi connectivity index (χ4v) is 1.15. The van der Waals surface area contributed by atoms with Crippen LogP contribution < -0.4 is 5.32 Å². The molecule has 0 saturated heterocycles. The number of aromatic nitrogens is 2. The van der Waals surface area contributed by atoms with Gasteiger partial charge in [0.1, 0.15) is 0 Å². The summed E-state index contributed by atoms with van der Waals surface area (Å²) in [5.41, 5.74) is 0.464. The van der Waals surface area contributed by atoms with E-state index in [2.05, 4.69) is 14.9 Å². The van der Waals surface area contributed by atoms with E-state index < -0.39 is 0 Å². The van der Waals surface area contributed by atoms with Crippen LogP contribution in [-0.4, -0.2) is 15.5 Å². The van der Waals surface area contributed by atoms with Crippen molar-refractivity contribution < 1.29 is 4.79 Å². The molecular weight excluding hydrogens is 186 g/mol. The van der Waals surface area contributed by atoms with Gasteiger partial charge in [0, 0.05) is 10.8 Å². The van der Waals surface area contributed by atoms with Crippen molar-refractivity contribution in [3.05, 3.63) is 11.1 Å². The van der Waals surface area contributed by atoms with E-state index in [-0.39, 0.29) is 11.3 Å². The predicted octanol–water partition coefficient (Wildman–Crippen LogP) is 1.20. The Balaban J connectivity index is 2.40. The monoisotopic (exact) mass is 199 g/mol. The molecule has 72 valence electrons. The Hall–Kier alpha value is -0.970. The normalized spacial score (nSPS) is 11.3. The summed E-state index contributed by atoms with van der Waals surface area (Å²) in [5, 5.41) is 8.44. The lowest BCUT2D eigenvalue weighted by Crippen LogP contribution is -2.34. The van der Waals surface area contributed by atoms with Gasteiger partial charge < -0.3 is 5.32 Å². The van der Waals surface area contributed by atoms with Gasteiger partial charge in [0.05, 0.1) is 12.2 Å². The number of hydrogen-bond donors (Lipinski definition) is 1. The van der Waals surface area contributed by atoms with E-state index in [0.29, 0.717) is 6.54 Å². The van der Waals surface area contributed by atoms with E-state index in [9.17, 15) is 4.79 Å². The second kappa shape index (κ2) is 3.83. The summed E-state index contributed by atoms with van der Waals surface area (Å²) in [6, 6.07) is 0. The first-order valence-corrected chi connectivity index (χ1v) is 4.88. The van der Waals surface area contributed by atoms with E-state index >= 15 is 0 Å². The van der Waals surface area contributed by atoms with Gasteiger partial charge in [0.25, 0.3) is 0 Å². The van der Waals surface area contributed by atoms with Crippen LogP contribution in [0.3, 0.4) is 0 Å². The summed E-state index contributed by atoms with van der Waals surface area (Å²) < 4.78 is 3.70. The number of hydrogen-bond acceptors (Lipinski definition) is 4. The zero-order valence-electron chi connectivity index (χ0n) is 8.00. The minimum Gasteiger partial charge on any atom is -0.350 e. The first-order valence-electron chi connectivity index (χ1n) is 4.04. The molecule has 0 aliphatic carbocycles. The van der Waals surface area contributed by atoms with Crippen LogP contribution in [0.5, 0.6) is 0 Å². The maximum absolute atomic E-state index is 11.4. The molecule has 0 radical (unpaired) electrons. The largest absolute Gasteiger partial charge is 0.350 e. The number of nitrogens with one attached hydrogen (secondary N) is 1. The van der Waals surface area contributed by atoms with E-state index in [1.807, 2.05) is 26.2 Å². The Labute approximate surface area is 81.5 Å². The molecule has 1 heterocycles. The van der Waals surface area contributed by atoms with Crippen LogP contribution in [-0.2, 0) is 11.3 Å². The second-order valence-corrected chi connectivity index (χ2v) is 4.44. The van der Waals surface area contributed by atoms with Crippen molar-refractivity contribution in [2.24, 2.45) is 5.41 Å². The molecule has 0 fully saturated rings. The smallest absolute Gasteiger partial charge is 0.225 e. The summed E-state index contributed by atoms with van der Waals surface area (Å²) in [6.45, 7) is 6.09. The Morgan fingerprint density at radius 1 is 1.62 bits per heavy atom. The number of rotatable bonds is 2. The zero-order valence-corrected chi connectivity index (χ0v) is 8.81. The van der Waals surface area contributed by atoms with Gasteiger partial charge in [-0.2, -0.15) is 0 Å². The third-order valence-corrected chi connectivity index (χ3v) is 2.07. The molecule has 1 amide bonds. The average Bonchev–Trinajstić information content (AvgIpc) is 2.50. The fourth-order valence-electron chi connectivity index (χ4n) is 0.697. The van der Waals surface area contributed by atoms with Gasteiger partial charge in [-0.1, -0.05) is 25.3 Å². The molecule has 0 aliphatic heterocycles. The lowest BCUT2D eigenvalue weighted by atomic mass is 9.96. The van der Waals surface area contributed by atoms with Gasteiger partial charge in [-0.25, -0.2) is 0 Å². The Morgan fingerprint density at radius 3 is 2.77 bits per heavy atom. The molecule has 5 heteroatoms. The van der Waals surface area contributed by atoms with E-state index in [1.54, 1.807) is 0 Å². The Morgan fingerprint density at radius 2 is 2.31 bits per heavy atom. The van der Waals surface area contributed by atoms with Gasteiger partial charge in [-0.3, -0.25) is 4.79 Å². The standard InChI is InChI=1S/C8H13N3OS/c1-8(2,3)7(12)9-4-6-5-13-11-10-6/h5H,4H2,1-3H3,(H,9,12). The van der Waals surface area contributed by atoms with E-state index in [4.69, 9.17) is 0 Å². The SMILES string of the molecule is CC(C)(C)C(=O)NCc1csnn1. The highest BCUT2D eigenvalue weighted by Crippen LogP contribution is 2.12. The summed E-state index contributed by atoms with van der Waals surface area (Å²) >= 11 is 1.29. The number of carbonyl (C=O) groups excluding carboxylic acids is 1. The molecule has 0 atom stereocenters. The molecule has 0 spiro atoms. The maximum atomic E-state index is 11.4. The summed E-state index contributed by atoms with van der Waals surface area (Å²) in [7, 11) is 0. The lowest BCUT2D eigenvalue weighted by molar-refractivity contribution is -0.128. The van der Waals surface area contributed by atoms with Crippen LogP contribution in [0.15, 0.2) is 5.38 Å². The van der Waals surface area contributed by atoms with Crippen molar-refractivity contribution in [1.82, 2.24) is 14.9 Å². The highest BCUT2D eigenvalue weighted by molar-refractivity contribution is 7.03. The van der Waals surface area contributed by atoms with Gasteiger partial charge in [-0.15, -0.1) is 5.10 Å². The lowest BCUT2D eigenvalue weighted by Gasteiger charge is -2.16. The quantitative estimate of drug-likeness (QED) is 0.778. The van der Waals surface area contributed by atoms with Gasteiger partial charge in [0.15, 0.2) is 0 Å². The molecule has 4 nitrogen and oxygen atoms in total. The van der Waals surface area contributed by atoms with Crippen molar-refractivity contribution in [2.45, 2.75) is 27.3 Å². The summed E-state index contributed by atoms with van der Waals surface area (Å²) in [6.07, 6.45) is 0. The third-order valence-electron chi connectivity index (χ3n) is 1.52. The second-order valence-electron chi connectivity index (χ2n) is 3.83. The number of carbonyl (C=O) groups is 1. The fraction of sp³-hybridized carbons (Fsp3) is 0.625. The first-order chi connectivity index (χ1) is 6.00. The molecule has 1 rings (SSSR count). The molecule has 1 aromatic heterocycles. The van der Waals surface area contributed by atoms with Crippen molar-refractivity contribution in [3.8, 4) is 0 Å². The van der Waals surface area contributed by atoms with Crippen molar-refractivity contribution in [3.63, 3.8) is 0 Å². The van der Waals surface area contributed by atoms with Crippen LogP contribution in [0.1, 0.15) is 26.5 Å². The van der Waals surface area contributed by atoms with Gasteiger partial charge in [-0.05, 0) is 11.5 Å². The number of amides is 1. The molecule has 1 N–H and O–H groups in total. The zero-order chi connectivity index (χ0) is 9.90. The Bertz CT molecular complexity index is 276. The van der Waals surface area contributed by atoms with E-state index in [0.717, 1.165) is 5.69 Å². The predicted molar refractivity (Wildman–Crippen MR) is 51.2 cm³/mol. The maximum Gasteiger partial charge on any atom is 0.225 e. The average molecular weight is 199 g/mol. The van der Waals surface area contributed by atoms with Crippen molar-refractivity contribution >= 4 is 17.4 Å². The summed E-state index contributed by atoms with van der Waals surface area (Å²) in [5.74, 6) is 0.0282. The molecular formula is C8H13N3OS. The van der Waals surface area contributed by atoms with Gasteiger partial charge in [0.2, 0.25) is 5.91 Å². The van der Waals surface area contributed by atoms with E-state index in [1.165, 1.54) is 11.5 Å². The highest BCUT2D eigenvalue weighted by Gasteiger charge is 2.20. The molecule has 0 aromatic carbocycles. The Kier molecular flexibility index (Phi) is 2.98. The minimum atomic E-state index is -0.344. The molecule has 0 bridgehead atoms. The van der Waals surface area contributed by atoms with Crippen LogP contribution in [0, 0.1) is 5.41 Å². The highest BCUT2D eigenvalue weighted by atomic mass is 32.1. The van der Waals surface area contributed by atoms with Crippen LogP contribution in [0.25, 0.3) is 0 Å². The van der Waals surface area contributed by atoms with Gasteiger partial charge >= 0.3 is 0 Å². The van der Waals surface area contributed by atoms with Crippen molar-refractivity contribution in [2.75, 3.05) is 0 Å².